The van der Waals surface area contributed by atoms with E-state index in [9.17, 15) is 58.8 Å². The zero-order valence-electron chi connectivity index (χ0n) is 49.6. The van der Waals surface area contributed by atoms with Crippen LogP contribution in [0.3, 0.4) is 0 Å². The zero-order valence-corrected chi connectivity index (χ0v) is 49.6. The third-order valence-corrected chi connectivity index (χ3v) is 14.6. The third kappa shape index (κ3) is 29.4. The lowest BCUT2D eigenvalue weighted by Crippen LogP contribution is -2.54. The van der Waals surface area contributed by atoms with Crippen LogP contribution in [0.15, 0.2) is 83.9 Å². The number of hydrogen-bond acceptors (Lipinski definition) is 16. The Balaban J connectivity index is 1.28. The number of aldehydes is 1. The Kier molecular flexibility index (Phi) is 33.3. The molecule has 15 N–H and O–H groups in total. The van der Waals surface area contributed by atoms with Crippen LogP contribution in [-0.4, -0.2) is 217 Å². The summed E-state index contributed by atoms with van der Waals surface area (Å²) < 4.78 is 0. The Labute approximate surface area is 504 Å². The number of guanidine groups is 1. The number of phenols is 1. The molecule has 474 valence electrons. The molecule has 0 saturated carbocycles. The second-order valence-electron chi connectivity index (χ2n) is 21.4. The van der Waals surface area contributed by atoms with E-state index in [2.05, 4.69) is 54.3 Å². The van der Waals surface area contributed by atoms with Crippen LogP contribution in [0.25, 0.3) is 0 Å². The smallest absolute Gasteiger partial charge is 0.344 e. The molecule has 26 heteroatoms. The van der Waals surface area contributed by atoms with E-state index in [1.807, 2.05) is 47.4 Å². The van der Waals surface area contributed by atoms with Crippen molar-refractivity contribution in [2.24, 2.45) is 16.5 Å². The summed E-state index contributed by atoms with van der Waals surface area (Å²) in [4.78, 5) is 111. The highest BCUT2D eigenvalue weighted by molar-refractivity contribution is 5.92. The molecule has 2 unspecified atom stereocenters. The molecule has 1 aliphatic heterocycles. The molecule has 1 aliphatic rings. The van der Waals surface area contributed by atoms with Gasteiger partial charge in [-0.15, -0.1) is 0 Å². The van der Waals surface area contributed by atoms with Crippen molar-refractivity contribution in [3.63, 3.8) is 0 Å². The highest BCUT2D eigenvalue weighted by Crippen LogP contribution is 2.26. The molecule has 0 aromatic heterocycles. The van der Waals surface area contributed by atoms with Gasteiger partial charge < -0.3 is 68.6 Å². The molecular formula is C60H92N14O12. The first-order valence-electron chi connectivity index (χ1n) is 29.8. The van der Waals surface area contributed by atoms with E-state index in [-0.39, 0.29) is 121 Å². The maximum Gasteiger partial charge on any atom is 0.344 e. The molecule has 0 radical (unpaired) electrons. The number of hydrogen-bond donors (Lipinski definition) is 13. The fourth-order valence-electron chi connectivity index (χ4n) is 9.79. The fourth-order valence-corrected chi connectivity index (χ4v) is 9.79. The average molecular weight is 1200 g/mol. The summed E-state index contributed by atoms with van der Waals surface area (Å²) in [6, 6.07) is 22.1. The summed E-state index contributed by atoms with van der Waals surface area (Å²) in [6.45, 7) is 5.21. The van der Waals surface area contributed by atoms with Crippen molar-refractivity contribution < 1.29 is 58.8 Å². The van der Waals surface area contributed by atoms with E-state index in [1.165, 1.54) is 17.7 Å². The molecule has 4 atom stereocenters. The number of nitrogens with one attached hydrogen (secondary N) is 7. The second kappa shape index (κ2) is 40.5. The van der Waals surface area contributed by atoms with Crippen molar-refractivity contribution in [3.05, 3.63) is 95.6 Å². The number of aryl methyl sites for hydroxylation is 1. The van der Waals surface area contributed by atoms with E-state index >= 15 is 0 Å². The lowest BCUT2D eigenvalue weighted by Gasteiger charge is -2.35. The Morgan fingerprint density at radius 3 is 1.78 bits per heavy atom. The van der Waals surface area contributed by atoms with Crippen molar-refractivity contribution in [3.8, 4) is 5.75 Å². The molecule has 26 nitrogen and oxygen atoms in total. The van der Waals surface area contributed by atoms with Gasteiger partial charge in [0.2, 0.25) is 17.7 Å². The van der Waals surface area contributed by atoms with Crippen molar-refractivity contribution in [2.75, 3.05) is 110 Å². The van der Waals surface area contributed by atoms with Gasteiger partial charge in [-0.05, 0) is 106 Å². The van der Waals surface area contributed by atoms with Crippen molar-refractivity contribution >= 4 is 59.6 Å². The third-order valence-electron chi connectivity index (χ3n) is 14.6. The van der Waals surface area contributed by atoms with Gasteiger partial charge in [0, 0.05) is 90.8 Å². The van der Waals surface area contributed by atoms with Gasteiger partial charge >= 0.3 is 23.9 Å². The van der Waals surface area contributed by atoms with Crippen LogP contribution >= 0.6 is 0 Å². The van der Waals surface area contributed by atoms with Crippen LogP contribution in [0.1, 0.15) is 93.7 Å². The maximum absolute atomic E-state index is 14.4. The van der Waals surface area contributed by atoms with Crippen LogP contribution in [0.5, 0.6) is 5.75 Å². The monoisotopic (exact) mass is 1200 g/mol. The number of rotatable bonds is 37. The number of urea groups is 1. The predicted octanol–water partition coefficient (Wildman–Crippen LogP) is 1.50. The number of anilines is 1. The molecule has 5 amide bonds. The molecule has 0 aliphatic carbocycles. The molecule has 1 heterocycles. The number of unbranched alkanes of at least 4 members (excludes halogenated alkanes) is 3. The minimum absolute atomic E-state index is 0.0710. The first kappa shape index (κ1) is 70.7. The van der Waals surface area contributed by atoms with Gasteiger partial charge in [0.1, 0.15) is 18.0 Å². The predicted molar refractivity (Wildman–Crippen MR) is 327 cm³/mol. The van der Waals surface area contributed by atoms with Gasteiger partial charge in [-0.2, -0.15) is 4.99 Å². The van der Waals surface area contributed by atoms with Crippen LogP contribution < -0.4 is 48.7 Å². The highest BCUT2D eigenvalue weighted by atomic mass is 16.4. The van der Waals surface area contributed by atoms with E-state index in [4.69, 9.17) is 11.5 Å². The number of carboxylic acids is 3. The number of phenolic OH excluding ortho intramolecular Hbond substituents is 1. The van der Waals surface area contributed by atoms with Crippen LogP contribution in [0.2, 0.25) is 0 Å². The van der Waals surface area contributed by atoms with Crippen molar-refractivity contribution in [2.45, 2.75) is 108 Å². The standard InChI is InChI=1S/C60H92N14O12/c1-2-63-60(86)70-59(62)67-28-11-18-51(58(85)68-39-45-19-25-48(76)26-20-45)69-56(83)49(16-8-4-7-15-44-13-5-3-6-14-44)46-21-23-47(24-22-46)64-29-12-30-66-57(84)50(61)17-9-10-27-65-52(43-75)74-37-35-72(41-54(79)80)33-31-71(40-53(77)78)32-34-73(36-38-74)42-55(81)82/h3,5-6,13-14,19-26,43,49-52,64-65,76H,2,4,7-12,15-18,27-42,61H2,1H3,(H,66,84)(H,68,85)(H,69,83)(H,77,78)(H,79,80)(H,81,82)(H4,62,63,67,70,86)/t49?,50-,51-,52?/m1/s1. The number of benzene rings is 3. The number of aliphatic carboxylic acids is 3. The maximum atomic E-state index is 14.4. The first-order valence-corrected chi connectivity index (χ1v) is 29.8. The Hall–Kier alpha value is -7.75. The van der Waals surface area contributed by atoms with Crippen LogP contribution in [0, 0.1) is 0 Å². The number of nitrogens with two attached hydrogens (primary N) is 2. The summed E-state index contributed by atoms with van der Waals surface area (Å²) in [5, 5.41) is 59.2. The number of aliphatic imine (C=N–C) groups is 1. The van der Waals surface area contributed by atoms with E-state index < -0.39 is 48.1 Å². The number of amides is 5. The summed E-state index contributed by atoms with van der Waals surface area (Å²) in [6.07, 6.45) is 6.86. The SMILES string of the molecule is CCNC(=O)/N=C(/N)NCCC[C@@H](NC(=O)C(CCCCCc1ccccc1)c1ccc(NCCCNC(=O)[C@H](N)CCCCNC(C=O)N2CCN(CC(=O)O)CCN(CC(=O)O)CCN(CC(=O)O)CC2)cc1)C(=O)NCc1ccc(O)cc1. The molecule has 3 aromatic carbocycles. The minimum atomic E-state index is -1.05. The summed E-state index contributed by atoms with van der Waals surface area (Å²) in [5.74, 6) is -4.65. The zero-order chi connectivity index (χ0) is 62.5. The second-order valence-corrected chi connectivity index (χ2v) is 21.4. The number of aromatic hydroxyl groups is 1. The topological polar surface area (TPSA) is 379 Å². The molecule has 1 fully saturated rings. The molecular weight excluding hydrogens is 1110 g/mol. The Bertz CT molecular complexity index is 2530. The average Bonchev–Trinajstić information content (AvgIpc) is 3.69. The Morgan fingerprint density at radius 1 is 0.593 bits per heavy atom. The number of carboxylic acid groups (broad SMARTS) is 3. The van der Waals surface area contributed by atoms with E-state index in [0.717, 1.165) is 48.8 Å². The lowest BCUT2D eigenvalue weighted by molar-refractivity contribution is -0.140. The highest BCUT2D eigenvalue weighted by Gasteiger charge is 2.28. The van der Waals surface area contributed by atoms with Gasteiger partial charge in [0.05, 0.1) is 31.6 Å². The molecule has 1 saturated heterocycles. The number of carbonyl (C=O) groups excluding carboxylic acids is 5. The van der Waals surface area contributed by atoms with Gasteiger partial charge in [-0.3, -0.25) is 53.7 Å². The lowest BCUT2D eigenvalue weighted by atomic mass is 9.91. The normalized spacial score (nSPS) is 15.5. The number of carbonyl (C=O) groups is 8. The van der Waals surface area contributed by atoms with E-state index in [0.29, 0.717) is 64.7 Å². The Morgan fingerprint density at radius 2 is 1.19 bits per heavy atom. The fraction of sp³-hybridized carbons (Fsp3) is 0.550. The molecule has 0 spiro atoms. The molecule has 0 bridgehead atoms. The molecule has 86 heavy (non-hydrogen) atoms. The quantitative estimate of drug-likeness (QED) is 0.0168. The van der Waals surface area contributed by atoms with Crippen molar-refractivity contribution in [1.82, 2.24) is 51.5 Å². The van der Waals surface area contributed by atoms with Crippen LogP contribution in [0.4, 0.5) is 10.5 Å². The minimum Gasteiger partial charge on any atom is -0.508 e. The van der Waals surface area contributed by atoms with Gasteiger partial charge in [-0.1, -0.05) is 73.9 Å². The largest absolute Gasteiger partial charge is 0.508 e. The van der Waals surface area contributed by atoms with Crippen molar-refractivity contribution in [1.29, 1.82) is 0 Å². The van der Waals surface area contributed by atoms with Gasteiger partial charge in [-0.25, -0.2) is 4.79 Å². The van der Waals surface area contributed by atoms with E-state index in [1.54, 1.807) is 33.8 Å². The summed E-state index contributed by atoms with van der Waals surface area (Å²) in [7, 11) is 0. The van der Waals surface area contributed by atoms with Gasteiger partial charge in [0.25, 0.3) is 0 Å². The van der Waals surface area contributed by atoms with Gasteiger partial charge in [0.15, 0.2) is 12.2 Å². The molecule has 4 rings (SSSR count). The molecule has 3 aromatic rings. The van der Waals surface area contributed by atoms with Crippen LogP contribution in [-0.2, 0) is 46.5 Å². The summed E-state index contributed by atoms with van der Waals surface area (Å²) in [5.41, 5.74) is 15.8. The number of nitrogens with zero attached hydrogens (tertiary/aromatic N) is 5. The summed E-state index contributed by atoms with van der Waals surface area (Å²) >= 11 is 0. The first-order chi connectivity index (χ1) is 41.4.